The molecule has 0 aromatic rings. The lowest BCUT2D eigenvalue weighted by Gasteiger charge is -2.46. The van der Waals surface area contributed by atoms with Crippen molar-refractivity contribution in [1.29, 1.82) is 0 Å². The molecule has 7 atom stereocenters. The van der Waals surface area contributed by atoms with E-state index in [0.717, 1.165) is 25.7 Å². The molecule has 4 aliphatic rings. The Bertz CT molecular complexity index is 707. The van der Waals surface area contributed by atoms with Gasteiger partial charge in [-0.1, -0.05) is 6.92 Å². The van der Waals surface area contributed by atoms with E-state index in [9.17, 15) is 14.4 Å². The molecule has 0 radical (unpaired) electrons. The van der Waals surface area contributed by atoms with Crippen LogP contribution in [0.25, 0.3) is 0 Å². The van der Waals surface area contributed by atoms with Crippen LogP contribution in [0.5, 0.6) is 0 Å². The molecule has 0 N–H and O–H groups in total. The quantitative estimate of drug-likeness (QED) is 0.217. The topological polar surface area (TPSA) is 88.1 Å². The molecule has 0 spiro atoms. The first kappa shape index (κ1) is 22.9. The minimum atomic E-state index is -1.24. The monoisotopic (exact) mass is 454 g/mol. The third kappa shape index (κ3) is 4.47. The smallest absolute Gasteiger partial charge is 0.323 e. The molecule has 2 saturated heterocycles. The first-order valence-corrected chi connectivity index (χ1v) is 12.2. The number of ether oxygens (including phenoxy) is 4. The average molecular weight is 455 g/mol. The van der Waals surface area contributed by atoms with Crippen LogP contribution in [-0.4, -0.2) is 54.7 Å². The molecule has 7 unspecified atom stereocenters. The summed E-state index contributed by atoms with van der Waals surface area (Å²) in [6.07, 6.45) is 2.91. The Hall–Kier alpha value is -1.28. The van der Waals surface area contributed by atoms with Crippen molar-refractivity contribution in [3.05, 3.63) is 0 Å². The van der Waals surface area contributed by atoms with Crippen molar-refractivity contribution in [2.45, 2.75) is 83.7 Å². The Kier molecular flexibility index (Phi) is 6.59. The summed E-state index contributed by atoms with van der Waals surface area (Å²) in [5.74, 6) is -0.500. The van der Waals surface area contributed by atoms with Crippen molar-refractivity contribution in [3.8, 4) is 0 Å². The van der Waals surface area contributed by atoms with E-state index in [1.165, 1.54) is 6.42 Å². The van der Waals surface area contributed by atoms with Gasteiger partial charge in [0.25, 0.3) is 0 Å². The van der Waals surface area contributed by atoms with Gasteiger partial charge in [-0.2, -0.15) is 12.6 Å². The van der Waals surface area contributed by atoms with E-state index in [1.807, 2.05) is 6.92 Å². The number of carbonyl (C=O) groups is 3. The summed E-state index contributed by atoms with van der Waals surface area (Å²) in [6, 6.07) is 0. The summed E-state index contributed by atoms with van der Waals surface area (Å²) < 4.78 is 22.6. The lowest BCUT2D eigenvalue weighted by molar-refractivity contribution is -0.196. The maximum atomic E-state index is 13.4. The summed E-state index contributed by atoms with van der Waals surface area (Å²) in [5.41, 5.74) is -0.555. The second kappa shape index (κ2) is 8.93. The van der Waals surface area contributed by atoms with E-state index in [0.29, 0.717) is 29.9 Å². The summed E-state index contributed by atoms with van der Waals surface area (Å²) in [6.45, 7) is 6.22. The molecular formula is C23H34O7S. The van der Waals surface area contributed by atoms with Crippen molar-refractivity contribution < 1.29 is 33.3 Å². The molecule has 2 aliphatic carbocycles. The predicted molar refractivity (Wildman–Crippen MR) is 114 cm³/mol. The highest BCUT2D eigenvalue weighted by molar-refractivity contribution is 7.80. The standard InChI is InChI=1S/C23H34O7S/c1-12-7-14-9-15(8-12)11-23(3,10-14)22(26)30-19-17-13(2)28-18(19)16(21(25)29-17)20(24)27-5-4-6-31/h12-19,31H,4-11H2,1-3H3. The highest BCUT2D eigenvalue weighted by Crippen LogP contribution is 2.51. The molecule has 0 amide bonds. The van der Waals surface area contributed by atoms with Crippen LogP contribution in [-0.2, 0) is 33.3 Å². The maximum Gasteiger partial charge on any atom is 0.323 e. The van der Waals surface area contributed by atoms with Gasteiger partial charge in [-0.05, 0) is 75.9 Å². The van der Waals surface area contributed by atoms with Crippen molar-refractivity contribution in [2.75, 3.05) is 12.4 Å². The lowest BCUT2D eigenvalue weighted by atomic mass is 9.59. The fourth-order valence-electron chi connectivity index (χ4n) is 6.34. The highest BCUT2D eigenvalue weighted by Gasteiger charge is 2.61. The van der Waals surface area contributed by atoms with Crippen LogP contribution < -0.4 is 0 Å². The Balaban J connectivity index is 1.46. The molecule has 4 rings (SSSR count). The second-order valence-electron chi connectivity index (χ2n) is 10.3. The fourth-order valence-corrected chi connectivity index (χ4v) is 6.47. The van der Waals surface area contributed by atoms with Gasteiger partial charge in [-0.3, -0.25) is 14.4 Å². The Morgan fingerprint density at radius 3 is 2.45 bits per heavy atom. The number of carbonyl (C=O) groups excluding carboxylic acids is 3. The summed E-state index contributed by atoms with van der Waals surface area (Å²) in [4.78, 5) is 38.4. The minimum Gasteiger partial charge on any atom is -0.465 e. The van der Waals surface area contributed by atoms with E-state index < -0.39 is 47.7 Å². The van der Waals surface area contributed by atoms with Crippen LogP contribution in [0.1, 0.15) is 59.3 Å². The predicted octanol–water partition coefficient (Wildman–Crippen LogP) is 2.94. The number of esters is 3. The maximum absolute atomic E-state index is 13.4. The highest BCUT2D eigenvalue weighted by atomic mass is 32.1. The molecule has 4 fully saturated rings. The number of thiol groups is 1. The Morgan fingerprint density at radius 1 is 1.13 bits per heavy atom. The number of fused-ring (bicyclic) bond motifs is 4. The zero-order valence-corrected chi connectivity index (χ0v) is 19.5. The molecule has 8 heteroatoms. The van der Waals surface area contributed by atoms with E-state index in [4.69, 9.17) is 18.9 Å². The molecule has 2 heterocycles. The van der Waals surface area contributed by atoms with E-state index in [2.05, 4.69) is 19.6 Å². The van der Waals surface area contributed by atoms with Gasteiger partial charge in [0.05, 0.1) is 18.1 Å². The van der Waals surface area contributed by atoms with Crippen LogP contribution in [0.3, 0.4) is 0 Å². The van der Waals surface area contributed by atoms with E-state index >= 15 is 0 Å². The first-order chi connectivity index (χ1) is 14.7. The van der Waals surface area contributed by atoms with Gasteiger partial charge >= 0.3 is 17.9 Å². The van der Waals surface area contributed by atoms with Crippen molar-refractivity contribution in [1.82, 2.24) is 0 Å². The van der Waals surface area contributed by atoms with E-state index in [-0.39, 0.29) is 12.6 Å². The molecular weight excluding hydrogens is 420 g/mol. The summed E-state index contributed by atoms with van der Waals surface area (Å²) in [7, 11) is 0. The lowest BCUT2D eigenvalue weighted by Crippen LogP contribution is -2.54. The van der Waals surface area contributed by atoms with Crippen LogP contribution >= 0.6 is 12.6 Å². The Labute approximate surface area is 189 Å². The van der Waals surface area contributed by atoms with Gasteiger partial charge in [0.15, 0.2) is 18.1 Å². The third-order valence-electron chi connectivity index (χ3n) is 7.47. The van der Waals surface area contributed by atoms with Gasteiger partial charge in [-0.15, -0.1) is 0 Å². The zero-order valence-electron chi connectivity index (χ0n) is 18.6. The minimum absolute atomic E-state index is 0.168. The van der Waals surface area contributed by atoms with Gasteiger partial charge in [0.2, 0.25) is 0 Å². The van der Waals surface area contributed by atoms with Crippen molar-refractivity contribution >= 4 is 30.5 Å². The first-order valence-electron chi connectivity index (χ1n) is 11.6. The molecule has 2 saturated carbocycles. The van der Waals surface area contributed by atoms with Gasteiger partial charge < -0.3 is 18.9 Å². The molecule has 4 bridgehead atoms. The van der Waals surface area contributed by atoms with Crippen LogP contribution in [0, 0.1) is 29.1 Å². The normalized spacial score (nSPS) is 43.8. The number of rotatable bonds is 6. The molecule has 31 heavy (non-hydrogen) atoms. The fraction of sp³-hybridized carbons (Fsp3) is 0.870. The van der Waals surface area contributed by atoms with Crippen LogP contribution in [0.2, 0.25) is 0 Å². The zero-order chi connectivity index (χ0) is 22.3. The van der Waals surface area contributed by atoms with Gasteiger partial charge in [-0.25, -0.2) is 0 Å². The molecule has 0 aromatic heterocycles. The average Bonchev–Trinajstić information content (AvgIpc) is 2.88. The Morgan fingerprint density at radius 2 is 1.81 bits per heavy atom. The van der Waals surface area contributed by atoms with Gasteiger partial charge in [0.1, 0.15) is 6.10 Å². The third-order valence-corrected chi connectivity index (χ3v) is 7.79. The number of hydrogen-bond donors (Lipinski definition) is 1. The molecule has 7 nitrogen and oxygen atoms in total. The number of hydrogen-bond acceptors (Lipinski definition) is 8. The molecule has 0 aromatic carbocycles. The van der Waals surface area contributed by atoms with Crippen LogP contribution in [0.4, 0.5) is 0 Å². The summed E-state index contributed by atoms with van der Waals surface area (Å²) >= 11 is 4.10. The van der Waals surface area contributed by atoms with Crippen LogP contribution in [0.15, 0.2) is 0 Å². The second-order valence-corrected chi connectivity index (χ2v) is 10.8. The van der Waals surface area contributed by atoms with Gasteiger partial charge in [0, 0.05) is 0 Å². The molecule has 174 valence electrons. The molecule has 2 aliphatic heterocycles. The van der Waals surface area contributed by atoms with Crippen molar-refractivity contribution in [2.24, 2.45) is 29.1 Å². The largest absolute Gasteiger partial charge is 0.465 e. The summed E-state index contributed by atoms with van der Waals surface area (Å²) in [5, 5.41) is 0. The van der Waals surface area contributed by atoms with E-state index in [1.54, 1.807) is 6.92 Å². The SMILES string of the molecule is CC1CC2CC(C1)CC(C)(C(=O)OC1C3OC(=O)C(C(=O)OCCCS)C1OC3C)C2. The van der Waals surface area contributed by atoms with Crippen molar-refractivity contribution in [3.63, 3.8) is 0 Å².